The highest BCUT2D eigenvalue weighted by molar-refractivity contribution is 6.03. The summed E-state index contributed by atoms with van der Waals surface area (Å²) in [5.74, 6) is -1.05. The highest BCUT2D eigenvalue weighted by Crippen LogP contribution is 2.28. The van der Waals surface area contributed by atoms with Crippen molar-refractivity contribution in [2.45, 2.75) is 27.2 Å². The maximum absolute atomic E-state index is 14.3. The molecule has 2 amide bonds. The molecule has 10 heteroatoms. The normalized spacial score (nSPS) is 15.5. The standard InChI is InChI=1S/C27H30FN5O4.C2H6/c1-2-25(35)33-13-11-31(12-14-33)20-5-3-19(4-6-20)30-27(36)24-17-23(34)21-15-18(28)16-22(26(21)37-24)32-9-7-29-8-10-32;1-2/h3-6,15-17,29H,2,7-14H2,1H3,(H,30,36);1-2H3. The summed E-state index contributed by atoms with van der Waals surface area (Å²) in [5, 5.41) is 6.12. The molecule has 208 valence electrons. The van der Waals surface area contributed by atoms with Crippen LogP contribution >= 0.6 is 0 Å². The lowest BCUT2D eigenvalue weighted by molar-refractivity contribution is -0.131. The molecule has 0 bridgehead atoms. The Morgan fingerprint density at radius 3 is 2.26 bits per heavy atom. The maximum Gasteiger partial charge on any atom is 0.291 e. The molecule has 3 aromatic rings. The molecule has 2 saturated heterocycles. The molecular formula is C29H36FN5O4. The number of carbonyl (C=O) groups excluding carboxylic acids is 2. The third-order valence-electron chi connectivity index (χ3n) is 6.88. The molecule has 2 aliphatic heterocycles. The van der Waals surface area contributed by atoms with E-state index >= 15 is 0 Å². The second-order valence-corrected chi connectivity index (χ2v) is 9.24. The molecule has 0 atom stereocenters. The lowest BCUT2D eigenvalue weighted by Crippen LogP contribution is -2.48. The molecule has 2 N–H and O–H groups in total. The second kappa shape index (κ2) is 12.8. The van der Waals surface area contributed by atoms with Gasteiger partial charge < -0.3 is 29.8 Å². The summed E-state index contributed by atoms with van der Waals surface area (Å²) in [4.78, 5) is 43.7. The van der Waals surface area contributed by atoms with Crippen molar-refractivity contribution in [3.8, 4) is 0 Å². The molecule has 0 spiro atoms. The molecule has 0 unspecified atom stereocenters. The number of benzene rings is 2. The van der Waals surface area contributed by atoms with Crippen molar-refractivity contribution < 1.29 is 18.4 Å². The third kappa shape index (κ3) is 6.39. The van der Waals surface area contributed by atoms with Crippen molar-refractivity contribution in [1.29, 1.82) is 0 Å². The number of halogens is 1. The Balaban J connectivity index is 0.00000172. The van der Waals surface area contributed by atoms with Gasteiger partial charge in [0.15, 0.2) is 16.8 Å². The Hall–Kier alpha value is -3.92. The van der Waals surface area contributed by atoms with Crippen LogP contribution in [0.2, 0.25) is 0 Å². The minimum Gasteiger partial charge on any atom is -0.448 e. The Kier molecular flexibility index (Phi) is 9.19. The monoisotopic (exact) mass is 537 g/mol. The zero-order chi connectivity index (χ0) is 27.9. The number of nitrogens with one attached hydrogen (secondary N) is 2. The van der Waals surface area contributed by atoms with Crippen LogP contribution in [0.5, 0.6) is 0 Å². The zero-order valence-corrected chi connectivity index (χ0v) is 22.8. The summed E-state index contributed by atoms with van der Waals surface area (Å²) in [5.41, 5.74) is 1.75. The topological polar surface area (TPSA) is 98.1 Å². The number of amides is 2. The van der Waals surface area contributed by atoms with E-state index < -0.39 is 17.2 Å². The van der Waals surface area contributed by atoms with Gasteiger partial charge in [0.25, 0.3) is 5.91 Å². The Morgan fingerprint density at radius 1 is 0.949 bits per heavy atom. The van der Waals surface area contributed by atoms with Gasteiger partial charge in [-0.2, -0.15) is 0 Å². The van der Waals surface area contributed by atoms with E-state index in [1.165, 1.54) is 6.07 Å². The van der Waals surface area contributed by atoms with Gasteiger partial charge in [-0.25, -0.2) is 4.39 Å². The van der Waals surface area contributed by atoms with Crippen LogP contribution in [-0.4, -0.2) is 69.1 Å². The molecule has 0 radical (unpaired) electrons. The number of hydrogen-bond acceptors (Lipinski definition) is 7. The van der Waals surface area contributed by atoms with E-state index in [0.717, 1.165) is 44.0 Å². The molecule has 0 saturated carbocycles. The van der Waals surface area contributed by atoms with Crippen LogP contribution in [-0.2, 0) is 4.79 Å². The number of fused-ring (bicyclic) bond motifs is 1. The molecule has 3 heterocycles. The van der Waals surface area contributed by atoms with Gasteiger partial charge in [-0.15, -0.1) is 0 Å². The minimum atomic E-state index is -0.561. The van der Waals surface area contributed by atoms with E-state index in [-0.39, 0.29) is 22.6 Å². The van der Waals surface area contributed by atoms with Crippen LogP contribution in [0, 0.1) is 5.82 Å². The predicted molar refractivity (Wildman–Crippen MR) is 152 cm³/mol. The molecule has 5 rings (SSSR count). The van der Waals surface area contributed by atoms with Gasteiger partial charge in [-0.3, -0.25) is 14.4 Å². The van der Waals surface area contributed by atoms with E-state index in [1.807, 2.05) is 42.7 Å². The fourth-order valence-corrected chi connectivity index (χ4v) is 4.84. The van der Waals surface area contributed by atoms with Crippen LogP contribution in [0.4, 0.5) is 21.5 Å². The lowest BCUT2D eigenvalue weighted by atomic mass is 10.1. The highest BCUT2D eigenvalue weighted by Gasteiger charge is 2.22. The van der Waals surface area contributed by atoms with Crippen LogP contribution in [0.25, 0.3) is 11.0 Å². The summed E-state index contributed by atoms with van der Waals surface area (Å²) in [6.07, 6.45) is 0.514. The zero-order valence-electron chi connectivity index (χ0n) is 22.8. The largest absolute Gasteiger partial charge is 0.448 e. The molecule has 0 aliphatic carbocycles. The fraction of sp³-hybridized carbons (Fsp3) is 0.414. The smallest absolute Gasteiger partial charge is 0.291 e. The summed E-state index contributed by atoms with van der Waals surface area (Å²) < 4.78 is 20.2. The third-order valence-corrected chi connectivity index (χ3v) is 6.88. The van der Waals surface area contributed by atoms with Crippen LogP contribution in [0.15, 0.2) is 51.7 Å². The summed E-state index contributed by atoms with van der Waals surface area (Å²) in [6, 6.07) is 11.0. The van der Waals surface area contributed by atoms with Gasteiger partial charge in [0, 0.05) is 82.3 Å². The van der Waals surface area contributed by atoms with Crippen molar-refractivity contribution in [2.24, 2.45) is 0 Å². The predicted octanol–water partition coefficient (Wildman–Crippen LogP) is 3.68. The molecule has 2 aromatic carbocycles. The first-order chi connectivity index (χ1) is 18.9. The van der Waals surface area contributed by atoms with Gasteiger partial charge in [0.1, 0.15) is 5.82 Å². The quantitative estimate of drug-likeness (QED) is 0.513. The minimum absolute atomic E-state index is 0.107. The molecule has 39 heavy (non-hydrogen) atoms. The Labute approximate surface area is 227 Å². The molecule has 1 aromatic heterocycles. The lowest BCUT2D eigenvalue weighted by Gasteiger charge is -2.36. The highest BCUT2D eigenvalue weighted by atomic mass is 19.1. The molecular weight excluding hydrogens is 501 g/mol. The van der Waals surface area contributed by atoms with Crippen LogP contribution in [0.1, 0.15) is 37.7 Å². The molecule has 2 aliphatic rings. The number of carbonyl (C=O) groups is 2. The van der Waals surface area contributed by atoms with Gasteiger partial charge in [0.05, 0.1) is 11.1 Å². The SMILES string of the molecule is CC.CCC(=O)N1CCN(c2ccc(NC(=O)c3cc(=O)c4cc(F)cc(N5CCNCC5)c4o3)cc2)CC1. The van der Waals surface area contributed by atoms with Crippen molar-refractivity contribution in [1.82, 2.24) is 10.2 Å². The fourth-order valence-electron chi connectivity index (χ4n) is 4.84. The number of hydrogen-bond donors (Lipinski definition) is 2. The summed E-state index contributed by atoms with van der Waals surface area (Å²) in [6.45, 7) is 11.5. The van der Waals surface area contributed by atoms with Crippen LogP contribution < -0.4 is 25.9 Å². The van der Waals surface area contributed by atoms with Crippen LogP contribution in [0.3, 0.4) is 0 Å². The van der Waals surface area contributed by atoms with E-state index in [4.69, 9.17) is 4.42 Å². The van der Waals surface area contributed by atoms with Gasteiger partial charge >= 0.3 is 0 Å². The average Bonchev–Trinajstić information content (AvgIpc) is 2.98. The van der Waals surface area contributed by atoms with E-state index in [2.05, 4.69) is 15.5 Å². The second-order valence-electron chi connectivity index (χ2n) is 9.24. The van der Waals surface area contributed by atoms with Gasteiger partial charge in [0.2, 0.25) is 5.91 Å². The number of piperazine rings is 2. The molecule has 9 nitrogen and oxygen atoms in total. The number of anilines is 3. The number of nitrogens with zero attached hydrogens (tertiary/aromatic N) is 3. The van der Waals surface area contributed by atoms with E-state index in [0.29, 0.717) is 44.0 Å². The van der Waals surface area contributed by atoms with Crippen molar-refractivity contribution in [3.05, 3.63) is 64.3 Å². The van der Waals surface area contributed by atoms with E-state index in [9.17, 15) is 18.8 Å². The first-order valence-corrected chi connectivity index (χ1v) is 13.6. The van der Waals surface area contributed by atoms with Crippen molar-refractivity contribution >= 4 is 39.8 Å². The van der Waals surface area contributed by atoms with Crippen molar-refractivity contribution in [2.75, 3.05) is 67.5 Å². The van der Waals surface area contributed by atoms with Gasteiger partial charge in [-0.05, 0) is 30.3 Å². The summed E-state index contributed by atoms with van der Waals surface area (Å²) >= 11 is 0. The average molecular weight is 538 g/mol. The first-order valence-electron chi connectivity index (χ1n) is 13.6. The Bertz CT molecular complexity index is 1360. The maximum atomic E-state index is 14.3. The first kappa shape index (κ1) is 28.1. The number of rotatable bonds is 5. The Morgan fingerprint density at radius 2 is 1.62 bits per heavy atom. The van der Waals surface area contributed by atoms with E-state index in [1.54, 1.807) is 12.1 Å². The summed E-state index contributed by atoms with van der Waals surface area (Å²) in [7, 11) is 0. The molecule has 2 fully saturated rings. The van der Waals surface area contributed by atoms with Gasteiger partial charge in [-0.1, -0.05) is 20.8 Å². The van der Waals surface area contributed by atoms with Crippen molar-refractivity contribution in [3.63, 3.8) is 0 Å².